The lowest BCUT2D eigenvalue weighted by atomic mass is 9.64. The van der Waals surface area contributed by atoms with Gasteiger partial charge in [-0.1, -0.05) is 195 Å². The molecule has 2 fully saturated rings. The van der Waals surface area contributed by atoms with Crippen molar-refractivity contribution in [2.75, 3.05) is 5.75 Å². The molecule has 5 atom stereocenters. The number of nitrogens with zero attached hydrogens (tertiary/aromatic N) is 4. The fraction of sp³-hybridized carbons (Fsp3) is 0.544. The quantitative estimate of drug-likeness (QED) is 0.0262. The van der Waals surface area contributed by atoms with Crippen LogP contribution in [-0.4, -0.2) is 108 Å². The summed E-state index contributed by atoms with van der Waals surface area (Å²) in [7, 11) is 0. The van der Waals surface area contributed by atoms with Gasteiger partial charge in [-0.3, -0.25) is 14.4 Å². The molecule has 1 amide bonds. The molecule has 16 nitrogen and oxygen atoms in total. The van der Waals surface area contributed by atoms with Crippen molar-refractivity contribution in [1.29, 1.82) is 0 Å². The molecule has 5 unspecified atom stereocenters. The number of amides is 1. The largest absolute Gasteiger partial charge is 0.507 e. The number of aryl methyl sites for hydroxylation is 1. The number of phenolic OH excluding ortho intramolecular Hbond substituents is 1. The van der Waals surface area contributed by atoms with Gasteiger partial charge in [0, 0.05) is 62.9 Å². The molecule has 0 saturated carbocycles. The van der Waals surface area contributed by atoms with E-state index >= 15 is 0 Å². The summed E-state index contributed by atoms with van der Waals surface area (Å²) >= 11 is 2.14. The van der Waals surface area contributed by atoms with Gasteiger partial charge >= 0.3 is 19.8 Å². The minimum atomic E-state index is -0.846. The van der Waals surface area contributed by atoms with Crippen LogP contribution in [0.3, 0.4) is 0 Å². The van der Waals surface area contributed by atoms with E-state index in [4.69, 9.17) is 10.6 Å². The Morgan fingerprint density at radius 3 is 1.64 bits per heavy atom. The highest BCUT2D eigenvalue weighted by atomic mass is 32.2. The number of carbonyl (C=O) groups excluding carboxylic acids is 4. The van der Waals surface area contributed by atoms with Crippen LogP contribution in [0.1, 0.15) is 241 Å². The van der Waals surface area contributed by atoms with E-state index in [1.54, 1.807) is 82.9 Å². The van der Waals surface area contributed by atoms with Crippen LogP contribution >= 0.6 is 11.8 Å². The highest BCUT2D eigenvalue weighted by molar-refractivity contribution is 8.00. The Balaban J connectivity index is 0.000000390. The number of carbonyl (C=O) groups is 4. The number of hydrogen-bond acceptors (Lipinski definition) is 16. The van der Waals surface area contributed by atoms with Crippen LogP contribution < -0.4 is 27.5 Å². The second-order valence-electron chi connectivity index (χ2n) is 28.6. The van der Waals surface area contributed by atoms with Crippen molar-refractivity contribution < 1.29 is 43.9 Å². The van der Waals surface area contributed by atoms with Crippen molar-refractivity contribution in [2.24, 2.45) is 40.9 Å². The standard InChI is InChI=1S/C12H14N4.C11H16BNO2.C11H15BO2.C11H13NO4.C11H19NS.C11H20O.C11H20.CH4/c1-8(2)10-4-6-11(7-5-10)12-15-13-9(3)14-16-12;1-8(2)13-11(14)9-4-6-10(7-5-9)12(3)15;1-8(2)11(13)9-4-6-10(7-5-9)12(3)14;1-6(2)10(14)7-3-4-8(9(13)5-7)11(15)16-12;1-7-5-8-9(12-7)6-13-10(8)11(2,3)4;1-10(2)12-11-8-6-4-3-5-7-9-11;1-10(2)11-8-6-4-3-5-7-9-11;/h4-8H,1-3H3;4-8,15H,1-3H3,(H,13,14);4-8,14H,1-3H3;3-6,13H,12H2,1-2H3;8-10,12H,1,5-6H2,2-4H3;3-4,10-11H,5-9H2,1-2H3;3-4,10-11H,5-9H2,1-2H3;1H4/b;;;;;2*4-3+;. The molecule has 98 heavy (non-hydrogen) atoms. The lowest BCUT2D eigenvalue weighted by molar-refractivity contribution is -0.00214. The molecular formula is C79H121B2N7O9S. The van der Waals surface area contributed by atoms with Crippen LogP contribution in [-0.2, 0) is 9.57 Å². The molecular weight excluding hydrogens is 1240 g/mol. The molecule has 4 aliphatic rings. The first kappa shape index (κ1) is 87.3. The number of nitrogens with one attached hydrogen (secondary N) is 2. The molecule has 3 heterocycles. The number of aromatic nitrogens is 4. The van der Waals surface area contributed by atoms with E-state index in [0.717, 1.165) is 39.5 Å². The lowest BCUT2D eigenvalue weighted by Gasteiger charge is -2.30. The van der Waals surface area contributed by atoms with Gasteiger partial charge in [-0.15, -0.1) is 20.4 Å². The van der Waals surface area contributed by atoms with Crippen molar-refractivity contribution in [3.05, 3.63) is 161 Å². The van der Waals surface area contributed by atoms with Crippen molar-refractivity contribution in [2.45, 2.75) is 238 Å². The maximum atomic E-state index is 11.6. The van der Waals surface area contributed by atoms with Gasteiger partial charge in [0.1, 0.15) is 11.3 Å². The number of fused-ring (bicyclic) bond motifs is 1. The Morgan fingerprint density at radius 1 is 0.673 bits per heavy atom. The van der Waals surface area contributed by atoms with Gasteiger partial charge in [-0.2, -0.15) is 17.7 Å². The summed E-state index contributed by atoms with van der Waals surface area (Å²) in [6.07, 6.45) is 24.4. The maximum absolute atomic E-state index is 11.6. The fourth-order valence-corrected chi connectivity index (χ4v) is 13.0. The van der Waals surface area contributed by atoms with E-state index in [1.807, 2.05) is 39.8 Å². The summed E-state index contributed by atoms with van der Waals surface area (Å²) in [6.45, 7) is 39.7. The van der Waals surface area contributed by atoms with Crippen LogP contribution in [0.15, 0.2) is 128 Å². The van der Waals surface area contributed by atoms with Gasteiger partial charge < -0.3 is 35.4 Å². The number of benzene rings is 4. The average Bonchev–Trinajstić information content (AvgIpc) is 1.63. The molecule has 2 saturated heterocycles. The first-order valence-electron chi connectivity index (χ1n) is 35.1. The van der Waals surface area contributed by atoms with Crippen molar-refractivity contribution in [1.82, 2.24) is 31.0 Å². The van der Waals surface area contributed by atoms with Gasteiger partial charge in [0.2, 0.25) is 5.82 Å². The molecule has 2 aliphatic carbocycles. The minimum absolute atomic E-state index is 0. The first-order chi connectivity index (χ1) is 45.7. The summed E-state index contributed by atoms with van der Waals surface area (Å²) in [5, 5.41) is 51.0. The highest BCUT2D eigenvalue weighted by Crippen LogP contribution is 2.48. The SMILES string of the molecule is C.C=C1CC2C(CSC2C(C)(C)C)N1.CB(O)c1ccc(C(=O)C(C)C)cc1.CB(O)c1ccc(C(=O)NC(C)C)cc1.CC(C)C(=O)c1ccc(C(=O)ON)c(O)c1.CC(C)C1CC/C=C/CCC1.CC(C)OC1CC/C=C/CCC1.Cc1nnc(-c2ccc(C(C)C)cc2)nn1. The number of aromatic hydroxyl groups is 1. The van der Waals surface area contributed by atoms with Crippen LogP contribution in [0.5, 0.6) is 5.75 Å². The molecule has 5 aromatic rings. The van der Waals surface area contributed by atoms with Crippen LogP contribution in [0.4, 0.5) is 0 Å². The molecule has 538 valence electrons. The van der Waals surface area contributed by atoms with E-state index in [0.29, 0.717) is 57.9 Å². The number of hydrogen-bond donors (Lipinski definition) is 6. The molecule has 9 rings (SSSR count). The predicted octanol–water partition coefficient (Wildman–Crippen LogP) is 16.0. The smallest absolute Gasteiger partial charge is 0.360 e. The molecule has 4 aromatic carbocycles. The topological polar surface area (TPSA) is 249 Å². The second kappa shape index (κ2) is 45.1. The Hall–Kier alpha value is -6.76. The molecule has 0 spiro atoms. The molecule has 7 N–H and O–H groups in total. The number of rotatable bonds is 14. The molecule has 19 heteroatoms. The molecule has 2 aliphatic heterocycles. The van der Waals surface area contributed by atoms with Crippen molar-refractivity contribution in [3.63, 3.8) is 0 Å². The van der Waals surface area contributed by atoms with Crippen LogP contribution in [0.25, 0.3) is 11.4 Å². The number of ketones is 2. The summed E-state index contributed by atoms with van der Waals surface area (Å²) in [5.74, 6) is 8.99. The van der Waals surface area contributed by atoms with Crippen LogP contribution in [0, 0.1) is 41.9 Å². The molecule has 0 bridgehead atoms. The number of ether oxygens (including phenoxy) is 1. The zero-order valence-corrected chi connectivity index (χ0v) is 62.5. The van der Waals surface area contributed by atoms with Crippen molar-refractivity contribution >= 4 is 60.0 Å². The molecule has 0 radical (unpaired) electrons. The van der Waals surface area contributed by atoms with Crippen LogP contribution in [0.2, 0.25) is 13.6 Å². The normalized spacial score (nSPS) is 18.4. The van der Waals surface area contributed by atoms with E-state index in [1.165, 1.54) is 106 Å². The first-order valence-corrected chi connectivity index (χ1v) is 36.1. The average molecular weight is 1370 g/mol. The Labute approximate surface area is 594 Å². The third kappa shape index (κ3) is 32.1. The second-order valence-corrected chi connectivity index (χ2v) is 29.7. The summed E-state index contributed by atoms with van der Waals surface area (Å²) in [4.78, 5) is 49.8. The fourth-order valence-electron chi connectivity index (χ4n) is 11.2. The number of Topliss-reactive ketones (excluding diaryl/α,β-unsaturated/α-hetero) is 2. The highest BCUT2D eigenvalue weighted by Gasteiger charge is 2.46. The molecule has 1 aromatic heterocycles. The third-order valence-electron chi connectivity index (χ3n) is 16.9. The Kier molecular flexibility index (Phi) is 40.2. The third-order valence-corrected chi connectivity index (χ3v) is 18.8. The summed E-state index contributed by atoms with van der Waals surface area (Å²) in [6, 6.07) is 27.1. The minimum Gasteiger partial charge on any atom is -0.507 e. The van der Waals surface area contributed by atoms with E-state index in [9.17, 15) is 34.3 Å². The number of thioether (sulfide) groups is 1. The van der Waals surface area contributed by atoms with E-state index in [-0.39, 0.29) is 54.1 Å². The summed E-state index contributed by atoms with van der Waals surface area (Å²) < 4.78 is 5.79. The van der Waals surface area contributed by atoms with Gasteiger partial charge in [0.05, 0.1) is 12.2 Å². The van der Waals surface area contributed by atoms with Crippen molar-refractivity contribution in [3.8, 4) is 17.1 Å². The predicted molar refractivity (Wildman–Crippen MR) is 410 cm³/mol. The number of nitrogens with two attached hydrogens (primary N) is 1. The number of phenols is 1. The maximum Gasteiger partial charge on any atom is 0.360 e. The number of allylic oxidation sites excluding steroid dienone is 5. The monoisotopic (exact) mass is 1370 g/mol. The summed E-state index contributed by atoms with van der Waals surface area (Å²) in [5.41, 5.74) is 7.21. The van der Waals surface area contributed by atoms with Gasteiger partial charge in [0.15, 0.2) is 17.4 Å². The van der Waals surface area contributed by atoms with Gasteiger partial charge in [-0.05, 0) is 175 Å². The van der Waals surface area contributed by atoms with E-state index < -0.39 is 19.8 Å². The zero-order valence-electron chi connectivity index (χ0n) is 61.7. The zero-order chi connectivity index (χ0) is 72.5. The Bertz CT molecular complexity index is 3200. The van der Waals surface area contributed by atoms with Gasteiger partial charge in [-0.25, -0.2) is 4.79 Å². The van der Waals surface area contributed by atoms with Gasteiger partial charge in [0.25, 0.3) is 5.91 Å². The lowest BCUT2D eigenvalue weighted by Crippen LogP contribution is -2.32. The van der Waals surface area contributed by atoms with E-state index in [2.05, 4.69) is 153 Å². The Morgan fingerprint density at radius 2 is 1.17 bits per heavy atom.